The van der Waals surface area contributed by atoms with Crippen LogP contribution in [-0.4, -0.2) is 17.4 Å². The molecule has 1 unspecified atom stereocenters. The second-order valence-electron chi connectivity index (χ2n) is 4.69. The number of nitrogens with one attached hydrogen (secondary N) is 1. The summed E-state index contributed by atoms with van der Waals surface area (Å²) in [7, 11) is 0. The highest BCUT2D eigenvalue weighted by atomic mass is 16.1. The minimum atomic E-state index is -0.124. The molecular weight excluding hydrogens is 214 g/mol. The van der Waals surface area contributed by atoms with Gasteiger partial charge in [-0.15, -0.1) is 0 Å². The van der Waals surface area contributed by atoms with Crippen molar-refractivity contribution in [2.75, 3.05) is 6.54 Å². The number of amides is 1. The lowest BCUT2D eigenvalue weighted by molar-refractivity contribution is 0.0940. The van der Waals surface area contributed by atoms with E-state index in [0.717, 1.165) is 5.56 Å². The maximum absolute atomic E-state index is 11.8. The zero-order chi connectivity index (χ0) is 12.8. The summed E-state index contributed by atoms with van der Waals surface area (Å²) in [6, 6.07) is 3.53. The van der Waals surface area contributed by atoms with E-state index in [1.54, 1.807) is 12.3 Å². The summed E-state index contributed by atoms with van der Waals surface area (Å²) in [5, 5.41) is 2.88. The number of rotatable bonds is 5. The molecule has 0 saturated heterocycles. The number of nitrogens with zero attached hydrogens (tertiary/aromatic N) is 1. The van der Waals surface area contributed by atoms with E-state index >= 15 is 0 Å². The molecule has 3 N–H and O–H groups in total. The Hall–Kier alpha value is -1.42. The molecular formula is C13H21N3O. The van der Waals surface area contributed by atoms with Crippen molar-refractivity contribution in [3.8, 4) is 0 Å². The Balaban J connectivity index is 2.52. The highest BCUT2D eigenvalue weighted by Gasteiger charge is 2.11. The first kappa shape index (κ1) is 13.6. The van der Waals surface area contributed by atoms with E-state index in [1.165, 1.54) is 0 Å². The fourth-order valence-corrected chi connectivity index (χ4v) is 1.26. The van der Waals surface area contributed by atoms with Crippen LogP contribution in [0.15, 0.2) is 18.3 Å². The number of aromatic nitrogens is 1. The van der Waals surface area contributed by atoms with Crippen molar-refractivity contribution in [1.82, 2.24) is 10.3 Å². The molecule has 0 fully saturated rings. The van der Waals surface area contributed by atoms with Crippen LogP contribution in [0.2, 0.25) is 0 Å². The molecule has 1 heterocycles. The third kappa shape index (κ3) is 4.15. The highest BCUT2D eigenvalue weighted by Crippen LogP contribution is 2.08. The second kappa shape index (κ2) is 6.35. The van der Waals surface area contributed by atoms with Crippen LogP contribution in [0.1, 0.15) is 36.8 Å². The van der Waals surface area contributed by atoms with E-state index < -0.39 is 0 Å². The number of hydrogen-bond acceptors (Lipinski definition) is 3. The van der Waals surface area contributed by atoms with Gasteiger partial charge in [-0.2, -0.15) is 0 Å². The average molecular weight is 235 g/mol. The molecule has 1 atom stereocenters. The SMILES string of the molecule is CC(C)C(C)CNC(=O)c1ccc(CN)cn1. The first-order valence-corrected chi connectivity index (χ1v) is 5.97. The van der Waals surface area contributed by atoms with E-state index in [4.69, 9.17) is 5.73 Å². The zero-order valence-corrected chi connectivity index (χ0v) is 10.7. The third-order valence-electron chi connectivity index (χ3n) is 3.02. The monoisotopic (exact) mass is 235 g/mol. The van der Waals surface area contributed by atoms with E-state index in [0.29, 0.717) is 30.6 Å². The predicted molar refractivity (Wildman–Crippen MR) is 68.5 cm³/mol. The molecule has 0 aromatic carbocycles. The van der Waals surface area contributed by atoms with E-state index in [-0.39, 0.29) is 5.91 Å². The normalized spacial score (nSPS) is 12.5. The lowest BCUT2D eigenvalue weighted by Crippen LogP contribution is -2.30. The minimum absolute atomic E-state index is 0.124. The summed E-state index contributed by atoms with van der Waals surface area (Å²) >= 11 is 0. The van der Waals surface area contributed by atoms with Gasteiger partial charge in [-0.25, -0.2) is 0 Å². The summed E-state index contributed by atoms with van der Waals surface area (Å²) in [6.07, 6.45) is 1.64. The van der Waals surface area contributed by atoms with Crippen molar-refractivity contribution in [2.24, 2.45) is 17.6 Å². The van der Waals surface area contributed by atoms with Gasteiger partial charge in [0.25, 0.3) is 5.91 Å². The van der Waals surface area contributed by atoms with Crippen LogP contribution in [-0.2, 0) is 6.54 Å². The lowest BCUT2D eigenvalue weighted by atomic mass is 9.98. The largest absolute Gasteiger partial charge is 0.350 e. The number of pyridine rings is 1. The van der Waals surface area contributed by atoms with Crippen molar-refractivity contribution in [3.05, 3.63) is 29.6 Å². The molecule has 17 heavy (non-hydrogen) atoms. The Labute approximate surface area is 103 Å². The molecule has 94 valence electrons. The highest BCUT2D eigenvalue weighted by molar-refractivity contribution is 5.92. The zero-order valence-electron chi connectivity index (χ0n) is 10.7. The van der Waals surface area contributed by atoms with Gasteiger partial charge < -0.3 is 11.1 Å². The molecule has 0 radical (unpaired) electrons. The van der Waals surface area contributed by atoms with Gasteiger partial charge >= 0.3 is 0 Å². The fraction of sp³-hybridized carbons (Fsp3) is 0.538. The van der Waals surface area contributed by atoms with Gasteiger partial charge in [0.2, 0.25) is 0 Å². The van der Waals surface area contributed by atoms with Crippen LogP contribution < -0.4 is 11.1 Å². The van der Waals surface area contributed by atoms with E-state index in [9.17, 15) is 4.79 Å². The van der Waals surface area contributed by atoms with Gasteiger partial charge in [0, 0.05) is 19.3 Å². The second-order valence-corrected chi connectivity index (χ2v) is 4.69. The Morgan fingerprint density at radius 2 is 2.12 bits per heavy atom. The average Bonchev–Trinajstić information content (AvgIpc) is 2.35. The molecule has 1 aromatic heterocycles. The van der Waals surface area contributed by atoms with Crippen molar-refractivity contribution in [2.45, 2.75) is 27.3 Å². The van der Waals surface area contributed by atoms with Crippen molar-refractivity contribution < 1.29 is 4.79 Å². The van der Waals surface area contributed by atoms with Crippen LogP contribution >= 0.6 is 0 Å². The Bertz CT molecular complexity index is 359. The molecule has 4 heteroatoms. The maximum Gasteiger partial charge on any atom is 0.269 e. The van der Waals surface area contributed by atoms with Crippen molar-refractivity contribution >= 4 is 5.91 Å². The van der Waals surface area contributed by atoms with Crippen LogP contribution in [0.4, 0.5) is 0 Å². The molecule has 0 aliphatic carbocycles. The van der Waals surface area contributed by atoms with Gasteiger partial charge in [-0.05, 0) is 23.5 Å². The van der Waals surface area contributed by atoms with Crippen molar-refractivity contribution in [1.29, 1.82) is 0 Å². The van der Waals surface area contributed by atoms with Crippen LogP contribution in [0.25, 0.3) is 0 Å². The summed E-state index contributed by atoms with van der Waals surface area (Å²) in [4.78, 5) is 15.8. The summed E-state index contributed by atoms with van der Waals surface area (Å²) in [6.45, 7) is 7.53. The standard InChI is InChI=1S/C13H21N3O/c1-9(2)10(3)7-16-13(17)12-5-4-11(6-14)8-15-12/h4-5,8-10H,6-7,14H2,1-3H3,(H,16,17). The van der Waals surface area contributed by atoms with Crippen LogP contribution in [0.3, 0.4) is 0 Å². The molecule has 4 nitrogen and oxygen atoms in total. The number of nitrogens with two attached hydrogens (primary N) is 1. The molecule has 0 spiro atoms. The molecule has 1 amide bonds. The molecule has 0 aliphatic rings. The van der Waals surface area contributed by atoms with Gasteiger partial charge in [0.05, 0.1) is 0 Å². The van der Waals surface area contributed by atoms with Crippen molar-refractivity contribution in [3.63, 3.8) is 0 Å². The summed E-state index contributed by atoms with van der Waals surface area (Å²) in [5.41, 5.74) is 6.84. The van der Waals surface area contributed by atoms with Gasteiger partial charge in [0.1, 0.15) is 5.69 Å². The molecule has 1 aromatic rings. The molecule has 0 bridgehead atoms. The lowest BCUT2D eigenvalue weighted by Gasteiger charge is -2.15. The maximum atomic E-state index is 11.8. The van der Waals surface area contributed by atoms with E-state index in [1.807, 2.05) is 6.07 Å². The third-order valence-corrected chi connectivity index (χ3v) is 3.02. The fourth-order valence-electron chi connectivity index (χ4n) is 1.26. The minimum Gasteiger partial charge on any atom is -0.350 e. The predicted octanol–water partition coefficient (Wildman–Crippen LogP) is 1.56. The Morgan fingerprint density at radius 3 is 2.59 bits per heavy atom. The Morgan fingerprint density at radius 1 is 1.41 bits per heavy atom. The molecule has 0 saturated carbocycles. The first-order valence-electron chi connectivity index (χ1n) is 5.97. The Kier molecular flexibility index (Phi) is 5.10. The first-order chi connectivity index (χ1) is 8.04. The van der Waals surface area contributed by atoms with Gasteiger partial charge in [-0.1, -0.05) is 26.8 Å². The molecule has 0 aliphatic heterocycles. The van der Waals surface area contributed by atoms with Crippen LogP contribution in [0, 0.1) is 11.8 Å². The smallest absolute Gasteiger partial charge is 0.269 e. The van der Waals surface area contributed by atoms with Crippen LogP contribution in [0.5, 0.6) is 0 Å². The summed E-state index contributed by atoms with van der Waals surface area (Å²) < 4.78 is 0. The topological polar surface area (TPSA) is 68.0 Å². The quantitative estimate of drug-likeness (QED) is 0.814. The van der Waals surface area contributed by atoms with E-state index in [2.05, 4.69) is 31.1 Å². The van der Waals surface area contributed by atoms with Gasteiger partial charge in [0.15, 0.2) is 0 Å². The summed E-state index contributed by atoms with van der Waals surface area (Å²) in [5.74, 6) is 0.895. The number of carbonyl (C=O) groups excluding carboxylic acids is 1. The molecule has 1 rings (SSSR count). The number of hydrogen-bond donors (Lipinski definition) is 2. The number of carbonyl (C=O) groups is 1. The van der Waals surface area contributed by atoms with Gasteiger partial charge in [-0.3, -0.25) is 9.78 Å².